The molecular formula is C14H15Cl2NO3. The highest BCUT2D eigenvalue weighted by Gasteiger charge is 2.31. The molecule has 4 nitrogen and oxygen atoms in total. The molecule has 0 unspecified atom stereocenters. The quantitative estimate of drug-likeness (QED) is 0.849. The minimum absolute atomic E-state index is 0.00840. The van der Waals surface area contributed by atoms with Crippen molar-refractivity contribution in [3.8, 4) is 0 Å². The van der Waals surface area contributed by atoms with Gasteiger partial charge in [-0.2, -0.15) is 0 Å². The van der Waals surface area contributed by atoms with Crippen LogP contribution in [0.25, 0.3) is 0 Å². The van der Waals surface area contributed by atoms with E-state index in [2.05, 4.69) is 5.32 Å². The third-order valence-corrected chi connectivity index (χ3v) is 3.63. The number of carbonyl (C=O) groups is 2. The smallest absolute Gasteiger partial charge is 0.309 e. The van der Waals surface area contributed by atoms with Gasteiger partial charge in [-0.25, -0.2) is 0 Å². The Morgan fingerprint density at radius 3 is 2.70 bits per heavy atom. The number of rotatable bonds is 5. The molecule has 0 aliphatic heterocycles. The summed E-state index contributed by atoms with van der Waals surface area (Å²) in [6.07, 6.45) is 1.72. The first kappa shape index (κ1) is 15.1. The van der Waals surface area contributed by atoms with Crippen LogP contribution in [-0.4, -0.2) is 18.5 Å². The van der Waals surface area contributed by atoms with Gasteiger partial charge in [-0.05, 0) is 37.5 Å². The Kier molecular flexibility index (Phi) is 4.89. The maximum atomic E-state index is 11.7. The van der Waals surface area contributed by atoms with Gasteiger partial charge in [0.25, 0.3) is 5.91 Å². The highest BCUT2D eigenvalue weighted by atomic mass is 35.5. The highest BCUT2D eigenvalue weighted by molar-refractivity contribution is 6.35. The predicted molar refractivity (Wildman–Crippen MR) is 76.7 cm³/mol. The summed E-state index contributed by atoms with van der Waals surface area (Å²) in [5, 5.41) is 3.75. The number of benzene rings is 1. The Labute approximate surface area is 127 Å². The first-order valence-corrected chi connectivity index (χ1v) is 7.14. The summed E-state index contributed by atoms with van der Waals surface area (Å²) >= 11 is 11.9. The molecule has 1 aromatic carbocycles. The molecule has 0 heterocycles. The molecule has 0 saturated heterocycles. The number of hydrogen-bond acceptors (Lipinski definition) is 3. The molecule has 1 atom stereocenters. The molecule has 1 amide bonds. The van der Waals surface area contributed by atoms with E-state index < -0.39 is 0 Å². The van der Waals surface area contributed by atoms with Crippen LogP contribution in [0, 0.1) is 5.92 Å². The Morgan fingerprint density at radius 2 is 2.10 bits per heavy atom. The van der Waals surface area contributed by atoms with Crippen molar-refractivity contribution in [2.24, 2.45) is 5.92 Å². The zero-order chi connectivity index (χ0) is 14.7. The molecule has 1 aliphatic carbocycles. The number of hydrogen-bond donors (Lipinski definition) is 1. The fourth-order valence-corrected chi connectivity index (χ4v) is 2.36. The van der Waals surface area contributed by atoms with Gasteiger partial charge < -0.3 is 10.1 Å². The number of nitrogens with one attached hydrogen (secondary N) is 1. The van der Waals surface area contributed by atoms with Gasteiger partial charge >= 0.3 is 5.97 Å². The molecule has 6 heteroatoms. The molecule has 1 aliphatic rings. The van der Waals surface area contributed by atoms with E-state index in [9.17, 15) is 9.59 Å². The summed E-state index contributed by atoms with van der Waals surface area (Å²) < 4.78 is 4.91. The van der Waals surface area contributed by atoms with Crippen LogP contribution in [0.3, 0.4) is 0 Å². The Balaban J connectivity index is 1.84. The molecule has 1 aromatic rings. The normalized spacial score (nSPS) is 15.6. The molecule has 0 radical (unpaired) electrons. The standard InChI is InChI=1S/C14H15Cl2NO3/c1-8(11-5-4-10(15)6-12(11)16)17-13(18)7-20-14(19)9-2-3-9/h4-6,8-9H,2-3,7H2,1H3,(H,17,18)/t8-/m0/s1. The van der Waals surface area contributed by atoms with E-state index in [4.69, 9.17) is 27.9 Å². The largest absolute Gasteiger partial charge is 0.455 e. The van der Waals surface area contributed by atoms with E-state index in [1.807, 2.05) is 0 Å². The first-order chi connectivity index (χ1) is 9.47. The van der Waals surface area contributed by atoms with E-state index in [0.29, 0.717) is 10.0 Å². The van der Waals surface area contributed by atoms with E-state index in [1.165, 1.54) is 0 Å². The van der Waals surface area contributed by atoms with Gasteiger partial charge in [0, 0.05) is 10.0 Å². The lowest BCUT2D eigenvalue weighted by Gasteiger charge is -2.16. The average molecular weight is 316 g/mol. The van der Waals surface area contributed by atoms with E-state index in [1.54, 1.807) is 25.1 Å². The molecule has 1 fully saturated rings. The van der Waals surface area contributed by atoms with E-state index in [0.717, 1.165) is 18.4 Å². The third kappa shape index (κ3) is 4.12. The first-order valence-electron chi connectivity index (χ1n) is 6.38. The molecule has 1 saturated carbocycles. The molecular weight excluding hydrogens is 301 g/mol. The zero-order valence-electron chi connectivity index (χ0n) is 11.0. The summed E-state index contributed by atoms with van der Waals surface area (Å²) in [4.78, 5) is 23.0. The number of halogens is 2. The molecule has 108 valence electrons. The van der Waals surface area contributed by atoms with Crippen LogP contribution in [0.2, 0.25) is 10.0 Å². The van der Waals surface area contributed by atoms with Crippen LogP contribution >= 0.6 is 23.2 Å². The fourth-order valence-electron chi connectivity index (χ4n) is 1.79. The maximum Gasteiger partial charge on any atom is 0.309 e. The van der Waals surface area contributed by atoms with Gasteiger partial charge in [0.15, 0.2) is 6.61 Å². The lowest BCUT2D eigenvalue weighted by molar-refractivity contribution is -0.150. The molecule has 0 aromatic heterocycles. The minimum atomic E-state index is -0.350. The Morgan fingerprint density at radius 1 is 1.40 bits per heavy atom. The second-order valence-electron chi connectivity index (χ2n) is 4.84. The summed E-state index contributed by atoms with van der Waals surface area (Å²) in [5.74, 6) is -0.652. The van der Waals surface area contributed by atoms with Gasteiger partial charge in [-0.1, -0.05) is 29.3 Å². The topological polar surface area (TPSA) is 55.4 Å². The van der Waals surface area contributed by atoms with Crippen LogP contribution in [0.15, 0.2) is 18.2 Å². The minimum Gasteiger partial charge on any atom is -0.455 e. The summed E-state index contributed by atoms with van der Waals surface area (Å²) in [7, 11) is 0. The molecule has 0 bridgehead atoms. The van der Waals surface area contributed by atoms with Crippen LogP contribution < -0.4 is 5.32 Å². The van der Waals surface area contributed by atoms with E-state index >= 15 is 0 Å². The van der Waals surface area contributed by atoms with Crippen LogP contribution in [0.1, 0.15) is 31.4 Å². The van der Waals surface area contributed by atoms with Crippen LogP contribution in [0.5, 0.6) is 0 Å². The lowest BCUT2D eigenvalue weighted by Crippen LogP contribution is -2.31. The number of amides is 1. The van der Waals surface area contributed by atoms with Gasteiger partial charge in [0.05, 0.1) is 12.0 Å². The van der Waals surface area contributed by atoms with Crippen molar-refractivity contribution in [1.82, 2.24) is 5.32 Å². The number of esters is 1. The average Bonchev–Trinajstić information content (AvgIpc) is 3.19. The summed E-state index contributed by atoms with van der Waals surface area (Å²) in [6, 6.07) is 4.80. The van der Waals surface area contributed by atoms with Crippen molar-refractivity contribution in [2.45, 2.75) is 25.8 Å². The fraction of sp³-hybridized carbons (Fsp3) is 0.429. The van der Waals surface area contributed by atoms with E-state index in [-0.39, 0.29) is 30.4 Å². The highest BCUT2D eigenvalue weighted by Crippen LogP contribution is 2.30. The summed E-state index contributed by atoms with van der Waals surface area (Å²) in [5.41, 5.74) is 0.762. The van der Waals surface area contributed by atoms with Crippen molar-refractivity contribution >= 4 is 35.1 Å². The Hall–Kier alpha value is -1.26. The van der Waals surface area contributed by atoms with Crippen molar-refractivity contribution in [1.29, 1.82) is 0 Å². The van der Waals surface area contributed by atoms with Crippen molar-refractivity contribution < 1.29 is 14.3 Å². The van der Waals surface area contributed by atoms with Gasteiger partial charge in [0.1, 0.15) is 0 Å². The lowest BCUT2D eigenvalue weighted by atomic mass is 10.1. The van der Waals surface area contributed by atoms with Crippen molar-refractivity contribution in [2.75, 3.05) is 6.61 Å². The van der Waals surface area contributed by atoms with Crippen LogP contribution in [-0.2, 0) is 14.3 Å². The number of ether oxygens (including phenoxy) is 1. The van der Waals surface area contributed by atoms with Gasteiger partial charge in [-0.15, -0.1) is 0 Å². The maximum absolute atomic E-state index is 11.7. The molecule has 20 heavy (non-hydrogen) atoms. The van der Waals surface area contributed by atoms with Crippen molar-refractivity contribution in [3.05, 3.63) is 33.8 Å². The zero-order valence-corrected chi connectivity index (χ0v) is 12.5. The number of carbonyl (C=O) groups excluding carboxylic acids is 2. The SMILES string of the molecule is C[C@H](NC(=O)COC(=O)C1CC1)c1ccc(Cl)cc1Cl. The Bertz CT molecular complexity index is 529. The molecule has 0 spiro atoms. The predicted octanol–water partition coefficient (Wildman–Crippen LogP) is 3.12. The molecule has 1 N–H and O–H groups in total. The second kappa shape index (κ2) is 6.46. The van der Waals surface area contributed by atoms with Gasteiger partial charge in [-0.3, -0.25) is 9.59 Å². The third-order valence-electron chi connectivity index (χ3n) is 3.06. The molecule has 2 rings (SSSR count). The summed E-state index contributed by atoms with van der Waals surface area (Å²) in [6.45, 7) is 1.54. The van der Waals surface area contributed by atoms with Crippen molar-refractivity contribution in [3.63, 3.8) is 0 Å². The second-order valence-corrected chi connectivity index (χ2v) is 5.68. The monoisotopic (exact) mass is 315 g/mol. The van der Waals surface area contributed by atoms with Gasteiger partial charge in [0.2, 0.25) is 0 Å². The van der Waals surface area contributed by atoms with Crippen LogP contribution in [0.4, 0.5) is 0 Å².